The summed E-state index contributed by atoms with van der Waals surface area (Å²) in [4.78, 5) is 32.3. The summed E-state index contributed by atoms with van der Waals surface area (Å²) in [5.41, 5.74) is 0. The van der Waals surface area contributed by atoms with Gasteiger partial charge in [0.2, 0.25) is 0 Å². The molecule has 1 unspecified atom stereocenters. The number of carbonyl (C=O) groups is 3. The first-order valence-corrected chi connectivity index (χ1v) is 4.09. The molecule has 13 heavy (non-hydrogen) atoms. The Labute approximate surface area is 76.9 Å². The fraction of sp³-hybridized carbons (Fsp3) is 0.667. The molecule has 0 aromatic rings. The van der Waals surface area contributed by atoms with E-state index < -0.39 is 17.8 Å². The first-order valence-electron chi connectivity index (χ1n) is 4.09. The molecule has 0 fully saturated rings. The minimum absolute atomic E-state index is 0.149. The number of rotatable bonds is 5. The van der Waals surface area contributed by atoms with E-state index in [0.29, 0.717) is 0 Å². The molecule has 0 amide bonds. The molecule has 0 aliphatic heterocycles. The molecule has 1 atom stereocenters. The van der Waals surface area contributed by atoms with Gasteiger partial charge in [-0.25, -0.2) is 0 Å². The summed E-state index contributed by atoms with van der Waals surface area (Å²) >= 11 is 0. The molecule has 0 radical (unpaired) electrons. The van der Waals surface area contributed by atoms with Gasteiger partial charge in [-0.2, -0.15) is 0 Å². The van der Waals surface area contributed by atoms with Gasteiger partial charge in [0.15, 0.2) is 0 Å². The number of hydrogen-bond donors (Lipinski definition) is 1. The fourth-order valence-electron chi connectivity index (χ4n) is 1.48. The molecule has 0 rings (SSSR count). The van der Waals surface area contributed by atoms with Gasteiger partial charge in [0.25, 0.3) is 0 Å². The quantitative estimate of drug-likeness (QED) is 0.647. The van der Waals surface area contributed by atoms with Crippen LogP contribution in [0.2, 0.25) is 0 Å². The summed E-state index contributed by atoms with van der Waals surface area (Å²) in [6.45, 7) is 4.22. The Hall–Kier alpha value is -1.19. The molecule has 0 heterocycles. The van der Waals surface area contributed by atoms with E-state index >= 15 is 0 Å². The highest BCUT2D eigenvalue weighted by Crippen LogP contribution is 2.17. The lowest BCUT2D eigenvalue weighted by Gasteiger charge is -2.16. The molecular formula is C9H14O4. The second-order valence-corrected chi connectivity index (χ2v) is 3.27. The van der Waals surface area contributed by atoms with E-state index in [4.69, 9.17) is 5.11 Å². The average molecular weight is 186 g/mol. The molecule has 0 spiro atoms. The zero-order chi connectivity index (χ0) is 10.6. The Morgan fingerprint density at radius 1 is 1.15 bits per heavy atom. The smallest absolute Gasteiger partial charge is 0.303 e. The van der Waals surface area contributed by atoms with E-state index in [-0.39, 0.29) is 18.0 Å². The van der Waals surface area contributed by atoms with Gasteiger partial charge in [-0.15, -0.1) is 0 Å². The number of carbonyl (C=O) groups excluding carboxylic acids is 2. The maximum atomic E-state index is 11.0. The first kappa shape index (κ1) is 11.8. The van der Waals surface area contributed by atoms with Gasteiger partial charge in [0.1, 0.15) is 11.6 Å². The standard InChI is InChI=1S/C9H14O4/c1-5(4-8(12)13)9(6(2)10)7(3)11/h5,9H,4H2,1-3H3,(H,12,13). The first-order chi connectivity index (χ1) is 5.86. The van der Waals surface area contributed by atoms with Crippen LogP contribution in [0.15, 0.2) is 0 Å². The van der Waals surface area contributed by atoms with Crippen LogP contribution >= 0.6 is 0 Å². The lowest BCUT2D eigenvalue weighted by molar-refractivity contribution is -0.139. The average Bonchev–Trinajstić information content (AvgIpc) is 1.81. The maximum absolute atomic E-state index is 11.0. The van der Waals surface area contributed by atoms with E-state index in [2.05, 4.69) is 0 Å². The van der Waals surface area contributed by atoms with Crippen LogP contribution in [0.3, 0.4) is 0 Å². The van der Waals surface area contributed by atoms with Crippen LogP contribution in [-0.2, 0) is 14.4 Å². The normalized spacial score (nSPS) is 12.6. The maximum Gasteiger partial charge on any atom is 0.303 e. The van der Waals surface area contributed by atoms with Gasteiger partial charge in [-0.05, 0) is 19.8 Å². The van der Waals surface area contributed by atoms with Crippen LogP contribution in [0.4, 0.5) is 0 Å². The molecule has 0 saturated carbocycles. The molecule has 4 heteroatoms. The fourth-order valence-corrected chi connectivity index (χ4v) is 1.48. The number of carboxylic acids is 1. The van der Waals surface area contributed by atoms with Gasteiger partial charge in [-0.1, -0.05) is 6.92 Å². The highest BCUT2D eigenvalue weighted by Gasteiger charge is 2.27. The van der Waals surface area contributed by atoms with Gasteiger partial charge in [0.05, 0.1) is 5.92 Å². The third kappa shape index (κ3) is 3.83. The van der Waals surface area contributed by atoms with Crippen LogP contribution in [0.1, 0.15) is 27.2 Å². The molecule has 4 nitrogen and oxygen atoms in total. The SMILES string of the molecule is CC(=O)C(C(C)=O)C(C)CC(=O)O. The lowest BCUT2D eigenvalue weighted by atomic mass is 9.85. The molecule has 0 aromatic carbocycles. The third-order valence-electron chi connectivity index (χ3n) is 1.94. The van der Waals surface area contributed by atoms with Crippen LogP contribution < -0.4 is 0 Å². The Morgan fingerprint density at radius 2 is 1.54 bits per heavy atom. The number of aliphatic carboxylic acids is 1. The highest BCUT2D eigenvalue weighted by atomic mass is 16.4. The summed E-state index contributed by atoms with van der Waals surface area (Å²) in [5.74, 6) is -2.70. The van der Waals surface area contributed by atoms with Gasteiger partial charge in [0, 0.05) is 6.42 Å². The van der Waals surface area contributed by atoms with Crippen molar-refractivity contribution in [2.45, 2.75) is 27.2 Å². The Bertz CT molecular complexity index is 218. The summed E-state index contributed by atoms with van der Waals surface area (Å²) in [6, 6.07) is 0. The number of hydrogen-bond acceptors (Lipinski definition) is 3. The minimum atomic E-state index is -0.986. The van der Waals surface area contributed by atoms with E-state index in [1.165, 1.54) is 13.8 Å². The Morgan fingerprint density at radius 3 is 1.77 bits per heavy atom. The zero-order valence-electron chi connectivity index (χ0n) is 8.03. The van der Waals surface area contributed by atoms with Crippen LogP contribution in [0.25, 0.3) is 0 Å². The second-order valence-electron chi connectivity index (χ2n) is 3.27. The summed E-state index contributed by atoms with van der Waals surface area (Å²) in [7, 11) is 0. The Kier molecular flexibility index (Phi) is 4.31. The molecule has 1 N–H and O–H groups in total. The van der Waals surface area contributed by atoms with Crippen LogP contribution in [0.5, 0.6) is 0 Å². The van der Waals surface area contributed by atoms with Gasteiger partial charge >= 0.3 is 5.97 Å². The van der Waals surface area contributed by atoms with Gasteiger partial charge in [-0.3, -0.25) is 14.4 Å². The zero-order valence-corrected chi connectivity index (χ0v) is 8.03. The Balaban J connectivity index is 4.46. The van der Waals surface area contributed by atoms with E-state index in [1.807, 2.05) is 0 Å². The van der Waals surface area contributed by atoms with Crippen molar-refractivity contribution < 1.29 is 19.5 Å². The number of Topliss-reactive ketones (excluding diaryl/α,β-unsaturated/α-hetero) is 2. The summed E-state index contributed by atoms with van der Waals surface area (Å²) in [5, 5.41) is 8.47. The number of ketones is 2. The summed E-state index contributed by atoms with van der Waals surface area (Å²) < 4.78 is 0. The predicted octanol–water partition coefficient (Wildman–Crippen LogP) is 0.891. The van der Waals surface area contributed by atoms with Crippen molar-refractivity contribution >= 4 is 17.5 Å². The molecule has 0 saturated heterocycles. The lowest BCUT2D eigenvalue weighted by Crippen LogP contribution is -2.28. The molecule has 0 aliphatic carbocycles. The minimum Gasteiger partial charge on any atom is -0.481 e. The van der Waals surface area contributed by atoms with Crippen molar-refractivity contribution in [2.24, 2.45) is 11.8 Å². The molecule has 74 valence electrons. The predicted molar refractivity (Wildman–Crippen MR) is 46.3 cm³/mol. The third-order valence-corrected chi connectivity index (χ3v) is 1.94. The number of carboxylic acid groups (broad SMARTS) is 1. The highest BCUT2D eigenvalue weighted by molar-refractivity contribution is 6.00. The van der Waals surface area contributed by atoms with Crippen molar-refractivity contribution in [2.75, 3.05) is 0 Å². The molecular weight excluding hydrogens is 172 g/mol. The molecule has 0 aliphatic rings. The van der Waals surface area contributed by atoms with Crippen molar-refractivity contribution in [1.29, 1.82) is 0 Å². The summed E-state index contributed by atoms with van der Waals surface area (Å²) in [6.07, 6.45) is -0.149. The topological polar surface area (TPSA) is 71.4 Å². The van der Waals surface area contributed by atoms with Crippen molar-refractivity contribution in [3.05, 3.63) is 0 Å². The van der Waals surface area contributed by atoms with Crippen molar-refractivity contribution in [3.63, 3.8) is 0 Å². The van der Waals surface area contributed by atoms with Crippen LogP contribution in [-0.4, -0.2) is 22.6 Å². The largest absolute Gasteiger partial charge is 0.481 e. The van der Waals surface area contributed by atoms with Crippen LogP contribution in [0, 0.1) is 11.8 Å². The molecule has 0 aromatic heterocycles. The van der Waals surface area contributed by atoms with E-state index in [0.717, 1.165) is 0 Å². The van der Waals surface area contributed by atoms with E-state index in [1.54, 1.807) is 6.92 Å². The van der Waals surface area contributed by atoms with Crippen molar-refractivity contribution in [1.82, 2.24) is 0 Å². The van der Waals surface area contributed by atoms with Gasteiger partial charge < -0.3 is 5.11 Å². The van der Waals surface area contributed by atoms with Crippen molar-refractivity contribution in [3.8, 4) is 0 Å². The molecule has 0 bridgehead atoms. The van der Waals surface area contributed by atoms with E-state index in [9.17, 15) is 14.4 Å². The monoisotopic (exact) mass is 186 g/mol. The second kappa shape index (κ2) is 4.74.